The molecule has 0 saturated heterocycles. The molecule has 11 nitrogen and oxygen atoms in total. The monoisotopic (exact) mass is 428 g/mol. The number of nitrogens with one attached hydrogen (secondary N) is 1. The van der Waals surface area contributed by atoms with E-state index in [2.05, 4.69) is 19.8 Å². The van der Waals surface area contributed by atoms with Gasteiger partial charge in [-0.15, -0.1) is 0 Å². The summed E-state index contributed by atoms with van der Waals surface area (Å²) in [6, 6.07) is 0. The van der Waals surface area contributed by atoms with E-state index >= 15 is 0 Å². The second-order valence-electron chi connectivity index (χ2n) is 8.38. The average molecular weight is 428 g/mol. The van der Waals surface area contributed by atoms with E-state index in [0.29, 0.717) is 12.8 Å². The minimum Gasteiger partial charge on any atom is -0.476 e. The van der Waals surface area contributed by atoms with Gasteiger partial charge >= 0.3 is 18.0 Å². The van der Waals surface area contributed by atoms with Crippen molar-refractivity contribution < 1.29 is 33.8 Å². The molecule has 1 aromatic heterocycles. The standard InChI is InChI=1S/C17H24N4O7S/c1-15(2,3)26-12(24)17(7-8-17)28-20-9(11(22)23)10-18-13(29-21-10)19-14(25)27-16(4,5)6/h7-8H2,1-6H3,(H,22,23)(H,18,19,21,25). The number of esters is 1. The van der Waals surface area contributed by atoms with Gasteiger partial charge in [-0.05, 0) is 41.5 Å². The van der Waals surface area contributed by atoms with E-state index in [1.54, 1.807) is 41.5 Å². The molecule has 160 valence electrons. The van der Waals surface area contributed by atoms with Crippen LogP contribution in [0.3, 0.4) is 0 Å². The van der Waals surface area contributed by atoms with Gasteiger partial charge in [0.15, 0.2) is 0 Å². The van der Waals surface area contributed by atoms with Crippen LogP contribution in [0.5, 0.6) is 0 Å². The van der Waals surface area contributed by atoms with E-state index in [-0.39, 0.29) is 11.0 Å². The molecule has 0 aliphatic heterocycles. The van der Waals surface area contributed by atoms with E-state index in [1.807, 2.05) is 0 Å². The number of anilines is 1. The normalized spacial score (nSPS) is 16.0. The van der Waals surface area contributed by atoms with Crippen molar-refractivity contribution in [2.45, 2.75) is 71.2 Å². The Hall–Kier alpha value is -2.76. The van der Waals surface area contributed by atoms with Gasteiger partial charge in [0.2, 0.25) is 22.3 Å². The maximum Gasteiger partial charge on any atom is 0.414 e. The highest BCUT2D eigenvalue weighted by molar-refractivity contribution is 7.10. The topological polar surface area (TPSA) is 149 Å². The summed E-state index contributed by atoms with van der Waals surface area (Å²) in [5, 5.41) is 15.4. The van der Waals surface area contributed by atoms with E-state index in [0.717, 1.165) is 11.5 Å². The van der Waals surface area contributed by atoms with E-state index in [1.165, 1.54) is 0 Å². The van der Waals surface area contributed by atoms with Crippen LogP contribution in [0, 0.1) is 0 Å². The molecule has 0 bridgehead atoms. The second kappa shape index (κ2) is 7.93. The van der Waals surface area contributed by atoms with Gasteiger partial charge in [0.05, 0.1) is 0 Å². The summed E-state index contributed by atoms with van der Waals surface area (Å²) >= 11 is 0.748. The molecule has 1 aliphatic carbocycles. The largest absolute Gasteiger partial charge is 0.476 e. The van der Waals surface area contributed by atoms with Gasteiger partial charge in [0, 0.05) is 24.4 Å². The molecule has 1 amide bonds. The first-order valence-corrected chi connectivity index (χ1v) is 9.55. The molecule has 0 aromatic carbocycles. The van der Waals surface area contributed by atoms with Gasteiger partial charge in [0.25, 0.3) is 0 Å². The zero-order chi connectivity index (χ0) is 22.0. The summed E-state index contributed by atoms with van der Waals surface area (Å²) in [7, 11) is 0. The summed E-state index contributed by atoms with van der Waals surface area (Å²) in [4.78, 5) is 44.7. The number of hydrogen-bond acceptors (Lipinski definition) is 10. The molecule has 1 heterocycles. The maximum atomic E-state index is 12.2. The number of carboxylic acid groups (broad SMARTS) is 1. The van der Waals surface area contributed by atoms with Gasteiger partial charge in [0.1, 0.15) is 11.2 Å². The Kier molecular flexibility index (Phi) is 6.16. The van der Waals surface area contributed by atoms with Crippen LogP contribution in [-0.2, 0) is 23.9 Å². The number of nitrogens with zero attached hydrogens (tertiary/aromatic N) is 3. The molecular weight excluding hydrogens is 404 g/mol. The number of rotatable bonds is 6. The third-order valence-electron chi connectivity index (χ3n) is 3.23. The lowest BCUT2D eigenvalue weighted by Crippen LogP contribution is -2.34. The van der Waals surface area contributed by atoms with Crippen LogP contribution in [-0.4, -0.2) is 55.0 Å². The fourth-order valence-electron chi connectivity index (χ4n) is 1.89. The van der Waals surface area contributed by atoms with Crippen molar-refractivity contribution in [1.82, 2.24) is 9.36 Å². The third-order valence-corrected chi connectivity index (χ3v) is 3.87. The highest BCUT2D eigenvalue weighted by Crippen LogP contribution is 2.42. The number of aliphatic carboxylic acids is 1. The minimum atomic E-state index is -1.45. The first kappa shape index (κ1) is 22.5. The highest BCUT2D eigenvalue weighted by Gasteiger charge is 2.56. The Balaban J connectivity index is 2.11. The molecule has 29 heavy (non-hydrogen) atoms. The Morgan fingerprint density at radius 2 is 1.69 bits per heavy atom. The SMILES string of the molecule is CC(C)(C)OC(=O)Nc1nc(C(=NOC2(C(=O)OC(C)(C)C)CC2)C(=O)O)ns1. The molecule has 0 unspecified atom stereocenters. The van der Waals surface area contributed by atoms with Gasteiger partial charge in [-0.2, -0.15) is 9.36 Å². The summed E-state index contributed by atoms with van der Waals surface area (Å²) in [6.45, 7) is 10.2. The molecule has 1 aromatic rings. The lowest BCUT2D eigenvalue weighted by molar-refractivity contribution is -0.172. The Bertz CT molecular complexity index is 832. The number of hydrogen-bond donors (Lipinski definition) is 2. The molecule has 2 N–H and O–H groups in total. The number of oxime groups is 1. The number of carbonyl (C=O) groups is 3. The number of carbonyl (C=O) groups excluding carboxylic acids is 2. The summed E-state index contributed by atoms with van der Waals surface area (Å²) in [5.74, 6) is -2.34. The van der Waals surface area contributed by atoms with Crippen molar-refractivity contribution in [2.24, 2.45) is 5.16 Å². The molecular formula is C17H24N4O7S. The van der Waals surface area contributed by atoms with Gasteiger partial charge < -0.3 is 19.4 Å². The van der Waals surface area contributed by atoms with Crippen LogP contribution in [0.15, 0.2) is 5.16 Å². The molecule has 0 radical (unpaired) electrons. The van der Waals surface area contributed by atoms with Crippen LogP contribution in [0.4, 0.5) is 9.93 Å². The Morgan fingerprint density at radius 1 is 1.10 bits per heavy atom. The van der Waals surface area contributed by atoms with Gasteiger partial charge in [-0.1, -0.05) is 5.16 Å². The summed E-state index contributed by atoms with van der Waals surface area (Å²) < 4.78 is 14.2. The van der Waals surface area contributed by atoms with Gasteiger partial charge in [-0.3, -0.25) is 5.32 Å². The van der Waals surface area contributed by atoms with Crippen LogP contribution in [0.25, 0.3) is 0 Å². The van der Waals surface area contributed by atoms with E-state index < -0.39 is 40.5 Å². The number of amides is 1. The van der Waals surface area contributed by atoms with Crippen LogP contribution < -0.4 is 5.32 Å². The van der Waals surface area contributed by atoms with Crippen molar-refractivity contribution in [2.75, 3.05) is 5.32 Å². The minimum absolute atomic E-state index is 0.0245. The third kappa shape index (κ3) is 6.66. The maximum absolute atomic E-state index is 12.2. The first-order valence-electron chi connectivity index (χ1n) is 8.78. The molecule has 2 rings (SSSR count). The predicted molar refractivity (Wildman–Crippen MR) is 103 cm³/mol. The van der Waals surface area contributed by atoms with Crippen LogP contribution >= 0.6 is 11.5 Å². The fourth-order valence-corrected chi connectivity index (χ4v) is 2.44. The molecule has 1 fully saturated rings. The second-order valence-corrected chi connectivity index (χ2v) is 9.13. The zero-order valence-electron chi connectivity index (χ0n) is 17.1. The average Bonchev–Trinajstić information content (AvgIpc) is 3.17. The van der Waals surface area contributed by atoms with Crippen molar-refractivity contribution in [1.29, 1.82) is 0 Å². The zero-order valence-corrected chi connectivity index (χ0v) is 17.9. The molecule has 1 saturated carbocycles. The summed E-state index contributed by atoms with van der Waals surface area (Å²) in [5.41, 5.74) is -3.33. The van der Waals surface area contributed by atoms with Crippen LogP contribution in [0.2, 0.25) is 0 Å². The number of aromatic nitrogens is 2. The molecule has 0 atom stereocenters. The van der Waals surface area contributed by atoms with Crippen molar-refractivity contribution in [3.05, 3.63) is 5.82 Å². The molecule has 1 aliphatic rings. The van der Waals surface area contributed by atoms with E-state index in [9.17, 15) is 19.5 Å². The van der Waals surface area contributed by atoms with Crippen molar-refractivity contribution in [3.63, 3.8) is 0 Å². The molecule has 12 heteroatoms. The fraction of sp³-hybridized carbons (Fsp3) is 0.647. The Labute approximate surface area is 171 Å². The van der Waals surface area contributed by atoms with Crippen LogP contribution in [0.1, 0.15) is 60.2 Å². The molecule has 0 spiro atoms. The highest BCUT2D eigenvalue weighted by atomic mass is 32.1. The van der Waals surface area contributed by atoms with Crippen molar-refractivity contribution in [3.8, 4) is 0 Å². The number of carboxylic acids is 1. The van der Waals surface area contributed by atoms with Crippen molar-refractivity contribution >= 4 is 40.4 Å². The van der Waals surface area contributed by atoms with Gasteiger partial charge in [-0.25, -0.2) is 14.4 Å². The Morgan fingerprint density at radius 3 is 2.17 bits per heavy atom. The predicted octanol–water partition coefficient (Wildman–Crippen LogP) is 2.56. The number of ether oxygens (including phenoxy) is 2. The quantitative estimate of drug-likeness (QED) is 0.396. The first-order chi connectivity index (χ1) is 13.2. The van der Waals surface area contributed by atoms with E-state index in [4.69, 9.17) is 14.3 Å². The lowest BCUT2D eigenvalue weighted by atomic mass is 10.2. The summed E-state index contributed by atoms with van der Waals surface area (Å²) in [6.07, 6.45) is -0.0465. The lowest BCUT2D eigenvalue weighted by Gasteiger charge is -2.22. The smallest absolute Gasteiger partial charge is 0.414 e.